The lowest BCUT2D eigenvalue weighted by atomic mass is 10.0. The molecule has 0 bridgehead atoms. The summed E-state index contributed by atoms with van der Waals surface area (Å²) < 4.78 is 9.93. The van der Waals surface area contributed by atoms with Crippen molar-refractivity contribution in [2.75, 3.05) is 0 Å². The SMILES string of the molecule is c1ccc(-c2nc(-c3ccccc3-n3c4ccccc4c4cc5oc6ccccc6c5cc43)c3c(n2)sc2ccccc23)cc1. The predicted octanol–water partition coefficient (Wildman–Crippen LogP) is 11.2. The summed E-state index contributed by atoms with van der Waals surface area (Å²) in [6, 6.07) is 48.9. The van der Waals surface area contributed by atoms with Gasteiger partial charge in [0.1, 0.15) is 16.0 Å². The van der Waals surface area contributed by atoms with Crippen molar-refractivity contribution in [2.45, 2.75) is 0 Å². The molecule has 0 aliphatic rings. The number of hydrogen-bond donors (Lipinski definition) is 0. The van der Waals surface area contributed by atoms with Crippen molar-refractivity contribution in [2.24, 2.45) is 0 Å². The molecule has 0 N–H and O–H groups in total. The Morgan fingerprint density at radius 2 is 1.27 bits per heavy atom. The third kappa shape index (κ3) is 3.59. The minimum Gasteiger partial charge on any atom is -0.456 e. The summed E-state index contributed by atoms with van der Waals surface area (Å²) in [5.74, 6) is 0.730. The lowest BCUT2D eigenvalue weighted by Gasteiger charge is -2.15. The molecular formula is C40H23N3OS. The maximum Gasteiger partial charge on any atom is 0.161 e. The van der Waals surface area contributed by atoms with Crippen LogP contribution in [0.1, 0.15) is 0 Å². The summed E-state index contributed by atoms with van der Waals surface area (Å²) in [6.07, 6.45) is 0. The molecule has 0 unspecified atom stereocenters. The van der Waals surface area contributed by atoms with Crippen molar-refractivity contribution in [3.63, 3.8) is 0 Å². The van der Waals surface area contributed by atoms with E-state index < -0.39 is 0 Å². The first-order valence-electron chi connectivity index (χ1n) is 15.0. The van der Waals surface area contributed by atoms with E-state index in [9.17, 15) is 0 Å². The number of nitrogens with zero attached hydrogens (tertiary/aromatic N) is 3. The molecule has 45 heavy (non-hydrogen) atoms. The fourth-order valence-corrected chi connectivity index (χ4v) is 7.93. The monoisotopic (exact) mass is 593 g/mol. The van der Waals surface area contributed by atoms with E-state index in [4.69, 9.17) is 14.4 Å². The van der Waals surface area contributed by atoms with Gasteiger partial charge in [0.15, 0.2) is 5.82 Å². The van der Waals surface area contributed by atoms with Gasteiger partial charge in [0.05, 0.1) is 22.4 Å². The van der Waals surface area contributed by atoms with Crippen LogP contribution >= 0.6 is 11.3 Å². The molecule has 0 atom stereocenters. The number of fused-ring (bicyclic) bond motifs is 9. The van der Waals surface area contributed by atoms with Crippen molar-refractivity contribution in [3.8, 4) is 28.3 Å². The normalized spacial score (nSPS) is 12.0. The summed E-state index contributed by atoms with van der Waals surface area (Å²) >= 11 is 1.72. The second-order valence-electron chi connectivity index (χ2n) is 11.4. The average molecular weight is 594 g/mol. The van der Waals surface area contributed by atoms with Gasteiger partial charge in [0, 0.05) is 48.1 Å². The Bertz CT molecular complexity index is 2770. The number of benzene rings is 6. The van der Waals surface area contributed by atoms with Crippen LogP contribution in [0.4, 0.5) is 0 Å². The average Bonchev–Trinajstić information content (AvgIpc) is 3.76. The van der Waals surface area contributed by atoms with Crippen LogP contribution in [-0.4, -0.2) is 14.5 Å². The molecule has 6 aromatic carbocycles. The molecule has 0 radical (unpaired) electrons. The number of furan rings is 1. The molecule has 0 amide bonds. The molecule has 4 nitrogen and oxygen atoms in total. The van der Waals surface area contributed by atoms with Gasteiger partial charge in [-0.15, -0.1) is 11.3 Å². The first kappa shape index (κ1) is 24.6. The number of hydrogen-bond acceptors (Lipinski definition) is 4. The van der Waals surface area contributed by atoms with Crippen LogP contribution < -0.4 is 0 Å². The quantitative estimate of drug-likeness (QED) is 0.205. The van der Waals surface area contributed by atoms with Gasteiger partial charge in [-0.3, -0.25) is 0 Å². The molecule has 0 aliphatic heterocycles. The molecule has 10 rings (SSSR count). The highest BCUT2D eigenvalue weighted by atomic mass is 32.1. The Morgan fingerprint density at radius 3 is 2.18 bits per heavy atom. The highest BCUT2D eigenvalue weighted by Gasteiger charge is 2.22. The first-order chi connectivity index (χ1) is 22.3. The van der Waals surface area contributed by atoms with Crippen molar-refractivity contribution in [3.05, 3.63) is 140 Å². The van der Waals surface area contributed by atoms with E-state index in [0.29, 0.717) is 0 Å². The Morgan fingerprint density at radius 1 is 0.533 bits per heavy atom. The number of aromatic nitrogens is 3. The molecule has 0 aliphatic carbocycles. The third-order valence-electron chi connectivity index (χ3n) is 8.84. The van der Waals surface area contributed by atoms with E-state index in [1.54, 1.807) is 11.3 Å². The van der Waals surface area contributed by atoms with Gasteiger partial charge < -0.3 is 8.98 Å². The largest absolute Gasteiger partial charge is 0.456 e. The molecule has 0 saturated heterocycles. The van der Waals surface area contributed by atoms with Crippen LogP contribution in [0.5, 0.6) is 0 Å². The van der Waals surface area contributed by atoms with Crippen molar-refractivity contribution in [1.29, 1.82) is 0 Å². The highest BCUT2D eigenvalue weighted by molar-refractivity contribution is 7.25. The third-order valence-corrected chi connectivity index (χ3v) is 9.91. The zero-order valence-electron chi connectivity index (χ0n) is 23.9. The number of rotatable bonds is 3. The maximum atomic E-state index is 6.33. The zero-order valence-corrected chi connectivity index (χ0v) is 24.8. The van der Waals surface area contributed by atoms with Gasteiger partial charge in [0.25, 0.3) is 0 Å². The summed E-state index contributed by atoms with van der Waals surface area (Å²) in [5.41, 5.74) is 8.14. The summed E-state index contributed by atoms with van der Waals surface area (Å²) in [6.45, 7) is 0. The summed E-state index contributed by atoms with van der Waals surface area (Å²) in [4.78, 5) is 11.4. The van der Waals surface area contributed by atoms with Crippen LogP contribution in [0.2, 0.25) is 0 Å². The van der Waals surface area contributed by atoms with Crippen LogP contribution in [0.15, 0.2) is 144 Å². The maximum absolute atomic E-state index is 6.33. The zero-order chi connectivity index (χ0) is 29.5. The molecule has 0 spiro atoms. The Hall–Kier alpha value is -5.78. The van der Waals surface area contributed by atoms with E-state index in [1.165, 1.54) is 15.5 Å². The van der Waals surface area contributed by atoms with E-state index in [2.05, 4.69) is 114 Å². The van der Waals surface area contributed by atoms with Crippen LogP contribution in [0, 0.1) is 0 Å². The molecule has 0 saturated carbocycles. The second-order valence-corrected chi connectivity index (χ2v) is 12.4. The number of para-hydroxylation sites is 3. The van der Waals surface area contributed by atoms with Gasteiger partial charge in [-0.2, -0.15) is 0 Å². The first-order valence-corrected chi connectivity index (χ1v) is 15.8. The highest BCUT2D eigenvalue weighted by Crippen LogP contribution is 2.43. The van der Waals surface area contributed by atoms with Gasteiger partial charge in [-0.05, 0) is 36.4 Å². The lowest BCUT2D eigenvalue weighted by molar-refractivity contribution is 0.669. The fraction of sp³-hybridized carbons (Fsp3) is 0. The van der Waals surface area contributed by atoms with E-state index in [-0.39, 0.29) is 0 Å². The van der Waals surface area contributed by atoms with Gasteiger partial charge in [0.2, 0.25) is 0 Å². The van der Waals surface area contributed by atoms with Gasteiger partial charge in [-0.25, -0.2) is 9.97 Å². The van der Waals surface area contributed by atoms with Crippen molar-refractivity contribution >= 4 is 75.4 Å². The molecule has 4 aromatic heterocycles. The van der Waals surface area contributed by atoms with Crippen molar-refractivity contribution < 1.29 is 4.42 Å². The van der Waals surface area contributed by atoms with E-state index in [1.807, 2.05) is 30.3 Å². The fourth-order valence-electron chi connectivity index (χ4n) is 6.85. The van der Waals surface area contributed by atoms with E-state index >= 15 is 0 Å². The Labute approximate surface area is 261 Å². The lowest BCUT2D eigenvalue weighted by Crippen LogP contribution is -2.00. The Kier molecular flexibility index (Phi) is 5.12. The molecule has 4 heterocycles. The topological polar surface area (TPSA) is 43.9 Å². The minimum absolute atomic E-state index is 0.730. The minimum atomic E-state index is 0.730. The van der Waals surface area contributed by atoms with Crippen LogP contribution in [-0.2, 0) is 0 Å². The van der Waals surface area contributed by atoms with Crippen LogP contribution in [0.3, 0.4) is 0 Å². The van der Waals surface area contributed by atoms with Gasteiger partial charge in [-0.1, -0.05) is 103 Å². The summed E-state index contributed by atoms with van der Waals surface area (Å²) in [5, 5.41) is 6.84. The molecular weight excluding hydrogens is 571 g/mol. The van der Waals surface area contributed by atoms with Crippen molar-refractivity contribution in [1.82, 2.24) is 14.5 Å². The standard InChI is InChI=1S/C40H23N3OS/c1-2-12-24(13-3-1)39-41-38(37-28-17-7-11-21-36(28)45-40(37)42-39)27-16-5-9-19-32(27)43-31-18-8-4-14-25(31)29-23-35-30(22-33(29)43)26-15-6-10-20-34(26)44-35/h1-23H. The van der Waals surface area contributed by atoms with Crippen LogP contribution in [0.25, 0.3) is 92.4 Å². The number of thiophene rings is 1. The predicted molar refractivity (Wildman–Crippen MR) is 187 cm³/mol. The smallest absolute Gasteiger partial charge is 0.161 e. The Balaban J connectivity index is 1.34. The molecule has 0 fully saturated rings. The molecule has 5 heteroatoms. The second kappa shape index (κ2) is 9.36. The van der Waals surface area contributed by atoms with E-state index in [0.717, 1.165) is 76.9 Å². The van der Waals surface area contributed by atoms with Gasteiger partial charge >= 0.3 is 0 Å². The summed E-state index contributed by atoms with van der Waals surface area (Å²) in [7, 11) is 0. The molecule has 210 valence electrons. The molecule has 10 aromatic rings.